The Balaban J connectivity index is 2.67. The maximum absolute atomic E-state index is 11.1. The van der Waals surface area contributed by atoms with Crippen LogP contribution in [0.4, 0.5) is 0 Å². The van der Waals surface area contributed by atoms with E-state index in [1.807, 2.05) is 38.1 Å². The van der Waals surface area contributed by atoms with Crippen LogP contribution in [0, 0.1) is 5.92 Å². The SMILES string of the molecule is COc1cccc(C[C@@H](OCC(C)C)C(=O)O)c1. The van der Waals surface area contributed by atoms with E-state index in [0.29, 0.717) is 18.9 Å². The predicted molar refractivity (Wildman–Crippen MR) is 68.9 cm³/mol. The van der Waals surface area contributed by atoms with Crippen molar-refractivity contribution in [3.8, 4) is 5.75 Å². The minimum atomic E-state index is -0.932. The number of carboxylic acids is 1. The maximum atomic E-state index is 11.1. The Labute approximate surface area is 108 Å². The smallest absolute Gasteiger partial charge is 0.333 e. The number of aliphatic carboxylic acids is 1. The molecule has 0 fully saturated rings. The van der Waals surface area contributed by atoms with Gasteiger partial charge in [-0.15, -0.1) is 0 Å². The third-order valence-electron chi connectivity index (χ3n) is 2.46. The third-order valence-corrected chi connectivity index (χ3v) is 2.46. The second-order valence-corrected chi connectivity index (χ2v) is 4.61. The van der Waals surface area contributed by atoms with Crippen LogP contribution < -0.4 is 4.74 Å². The predicted octanol–water partition coefficient (Wildman–Crippen LogP) is 2.36. The molecule has 0 saturated heterocycles. The molecular weight excluding hydrogens is 232 g/mol. The van der Waals surface area contributed by atoms with Crippen molar-refractivity contribution in [3.63, 3.8) is 0 Å². The molecule has 0 radical (unpaired) electrons. The molecular formula is C14H20O4. The first-order valence-electron chi connectivity index (χ1n) is 6.00. The van der Waals surface area contributed by atoms with Crippen LogP contribution in [0.3, 0.4) is 0 Å². The number of rotatable bonds is 7. The van der Waals surface area contributed by atoms with Gasteiger partial charge < -0.3 is 14.6 Å². The number of carboxylic acid groups (broad SMARTS) is 1. The van der Waals surface area contributed by atoms with Crippen LogP contribution in [0.25, 0.3) is 0 Å². The van der Waals surface area contributed by atoms with Gasteiger partial charge in [-0.25, -0.2) is 4.79 Å². The summed E-state index contributed by atoms with van der Waals surface area (Å²) >= 11 is 0. The molecule has 0 aliphatic heterocycles. The second kappa shape index (κ2) is 7.01. The van der Waals surface area contributed by atoms with Crippen molar-refractivity contribution in [2.75, 3.05) is 13.7 Å². The minimum Gasteiger partial charge on any atom is -0.497 e. The molecule has 100 valence electrons. The largest absolute Gasteiger partial charge is 0.497 e. The molecule has 18 heavy (non-hydrogen) atoms. The molecule has 0 amide bonds. The summed E-state index contributed by atoms with van der Waals surface area (Å²) in [6.45, 7) is 4.43. The molecule has 0 aliphatic carbocycles. The van der Waals surface area contributed by atoms with Crippen LogP contribution in [-0.4, -0.2) is 30.9 Å². The first kappa shape index (κ1) is 14.5. The Hall–Kier alpha value is -1.55. The van der Waals surface area contributed by atoms with Crippen molar-refractivity contribution in [3.05, 3.63) is 29.8 Å². The summed E-state index contributed by atoms with van der Waals surface area (Å²) in [5.41, 5.74) is 0.894. The summed E-state index contributed by atoms with van der Waals surface area (Å²) in [5, 5.41) is 9.12. The average Bonchev–Trinajstić information content (AvgIpc) is 2.34. The molecule has 1 rings (SSSR count). The fraction of sp³-hybridized carbons (Fsp3) is 0.500. The van der Waals surface area contributed by atoms with Crippen LogP contribution in [0.2, 0.25) is 0 Å². The van der Waals surface area contributed by atoms with Gasteiger partial charge in [0.25, 0.3) is 0 Å². The lowest BCUT2D eigenvalue weighted by Crippen LogP contribution is -2.28. The van der Waals surface area contributed by atoms with Gasteiger partial charge in [-0.05, 0) is 23.6 Å². The van der Waals surface area contributed by atoms with Crippen molar-refractivity contribution in [1.29, 1.82) is 0 Å². The van der Waals surface area contributed by atoms with Gasteiger partial charge in [0.15, 0.2) is 6.10 Å². The summed E-state index contributed by atoms with van der Waals surface area (Å²) in [7, 11) is 1.59. The summed E-state index contributed by atoms with van der Waals surface area (Å²) < 4.78 is 10.5. The van der Waals surface area contributed by atoms with Gasteiger partial charge in [-0.3, -0.25) is 0 Å². The van der Waals surface area contributed by atoms with Crippen LogP contribution in [-0.2, 0) is 16.0 Å². The molecule has 0 saturated carbocycles. The topological polar surface area (TPSA) is 55.8 Å². The van der Waals surface area contributed by atoms with E-state index < -0.39 is 12.1 Å². The molecule has 0 aliphatic rings. The van der Waals surface area contributed by atoms with E-state index in [0.717, 1.165) is 11.3 Å². The highest BCUT2D eigenvalue weighted by molar-refractivity contribution is 5.72. The monoisotopic (exact) mass is 252 g/mol. The zero-order valence-corrected chi connectivity index (χ0v) is 11.1. The second-order valence-electron chi connectivity index (χ2n) is 4.61. The van der Waals surface area contributed by atoms with E-state index >= 15 is 0 Å². The molecule has 0 unspecified atom stereocenters. The van der Waals surface area contributed by atoms with Crippen LogP contribution >= 0.6 is 0 Å². The van der Waals surface area contributed by atoms with Crippen LogP contribution in [0.5, 0.6) is 5.75 Å². The Morgan fingerprint density at radius 3 is 2.67 bits per heavy atom. The van der Waals surface area contributed by atoms with Gasteiger partial charge in [-0.1, -0.05) is 26.0 Å². The van der Waals surface area contributed by atoms with Crippen LogP contribution in [0.15, 0.2) is 24.3 Å². The normalized spacial score (nSPS) is 12.4. The molecule has 0 heterocycles. The Bertz CT molecular complexity index is 387. The molecule has 0 spiro atoms. The highest BCUT2D eigenvalue weighted by Crippen LogP contribution is 2.15. The molecule has 1 aromatic rings. The lowest BCUT2D eigenvalue weighted by atomic mass is 10.1. The summed E-state index contributed by atoms with van der Waals surface area (Å²) in [6, 6.07) is 7.37. The summed E-state index contributed by atoms with van der Waals surface area (Å²) in [4.78, 5) is 11.1. The first-order chi connectivity index (χ1) is 8.52. The van der Waals surface area contributed by atoms with Gasteiger partial charge in [0.2, 0.25) is 0 Å². The number of hydrogen-bond acceptors (Lipinski definition) is 3. The van der Waals surface area contributed by atoms with E-state index in [4.69, 9.17) is 14.6 Å². The Kier molecular flexibility index (Phi) is 5.65. The molecule has 0 bridgehead atoms. The van der Waals surface area contributed by atoms with E-state index in [-0.39, 0.29) is 0 Å². The maximum Gasteiger partial charge on any atom is 0.333 e. The van der Waals surface area contributed by atoms with Gasteiger partial charge in [0, 0.05) is 6.42 Å². The van der Waals surface area contributed by atoms with Crippen molar-refractivity contribution in [1.82, 2.24) is 0 Å². The third kappa shape index (κ3) is 4.75. The lowest BCUT2D eigenvalue weighted by Gasteiger charge is -2.15. The Morgan fingerprint density at radius 1 is 1.39 bits per heavy atom. The van der Waals surface area contributed by atoms with Crippen molar-refractivity contribution < 1.29 is 19.4 Å². The van der Waals surface area contributed by atoms with Gasteiger partial charge >= 0.3 is 5.97 Å². The summed E-state index contributed by atoms with van der Waals surface area (Å²) in [5.74, 6) is 0.108. The molecule has 0 aromatic heterocycles. The molecule has 4 heteroatoms. The number of benzene rings is 1. The van der Waals surface area contributed by atoms with Gasteiger partial charge in [-0.2, -0.15) is 0 Å². The van der Waals surface area contributed by atoms with E-state index in [1.54, 1.807) is 7.11 Å². The van der Waals surface area contributed by atoms with E-state index in [1.165, 1.54) is 0 Å². The first-order valence-corrected chi connectivity index (χ1v) is 6.00. The lowest BCUT2D eigenvalue weighted by molar-refractivity contribution is -0.150. The van der Waals surface area contributed by atoms with Gasteiger partial charge in [0.05, 0.1) is 13.7 Å². The van der Waals surface area contributed by atoms with E-state index in [2.05, 4.69) is 0 Å². The fourth-order valence-corrected chi connectivity index (χ4v) is 1.54. The number of methoxy groups -OCH3 is 1. The van der Waals surface area contributed by atoms with Crippen molar-refractivity contribution in [2.45, 2.75) is 26.4 Å². The zero-order chi connectivity index (χ0) is 13.5. The molecule has 1 atom stereocenters. The number of ether oxygens (including phenoxy) is 2. The molecule has 1 N–H and O–H groups in total. The number of carbonyl (C=O) groups is 1. The Morgan fingerprint density at radius 2 is 2.11 bits per heavy atom. The fourth-order valence-electron chi connectivity index (χ4n) is 1.54. The molecule has 1 aromatic carbocycles. The van der Waals surface area contributed by atoms with Gasteiger partial charge in [0.1, 0.15) is 5.75 Å². The average molecular weight is 252 g/mol. The van der Waals surface area contributed by atoms with Crippen molar-refractivity contribution in [2.24, 2.45) is 5.92 Å². The minimum absolute atomic E-state index is 0.317. The van der Waals surface area contributed by atoms with E-state index in [9.17, 15) is 4.79 Å². The number of hydrogen-bond donors (Lipinski definition) is 1. The highest BCUT2D eigenvalue weighted by atomic mass is 16.5. The highest BCUT2D eigenvalue weighted by Gasteiger charge is 2.19. The molecule has 4 nitrogen and oxygen atoms in total. The zero-order valence-electron chi connectivity index (χ0n) is 11.1. The summed E-state index contributed by atoms with van der Waals surface area (Å²) in [6.07, 6.45) is -0.460. The standard InChI is InChI=1S/C14H20O4/c1-10(2)9-18-13(14(15)16)8-11-5-4-6-12(7-11)17-3/h4-7,10,13H,8-9H2,1-3H3,(H,15,16)/t13-/m1/s1. The quantitative estimate of drug-likeness (QED) is 0.809. The van der Waals surface area contributed by atoms with Crippen molar-refractivity contribution >= 4 is 5.97 Å². The van der Waals surface area contributed by atoms with Crippen LogP contribution in [0.1, 0.15) is 19.4 Å².